The van der Waals surface area contributed by atoms with Crippen LogP contribution in [0.1, 0.15) is 28.4 Å². The third-order valence-corrected chi connectivity index (χ3v) is 4.63. The van der Waals surface area contributed by atoms with Crippen LogP contribution in [0.15, 0.2) is 30.5 Å². The van der Waals surface area contributed by atoms with Crippen molar-refractivity contribution in [1.82, 2.24) is 14.7 Å². The number of carbonyl (C=O) groups is 1. The average molecular weight is 329 g/mol. The van der Waals surface area contributed by atoms with Crippen LogP contribution in [-0.4, -0.2) is 51.7 Å². The van der Waals surface area contributed by atoms with Crippen LogP contribution in [0.2, 0.25) is 0 Å². The summed E-state index contributed by atoms with van der Waals surface area (Å²) in [5.74, 6) is 1.29. The van der Waals surface area contributed by atoms with E-state index in [0.29, 0.717) is 31.0 Å². The van der Waals surface area contributed by atoms with E-state index in [-0.39, 0.29) is 18.6 Å². The summed E-state index contributed by atoms with van der Waals surface area (Å²) < 4.78 is 12.3. The van der Waals surface area contributed by atoms with Crippen LogP contribution >= 0.6 is 0 Å². The molecule has 24 heavy (non-hydrogen) atoms. The summed E-state index contributed by atoms with van der Waals surface area (Å²) in [6.45, 7) is 1.12. The molecule has 1 aromatic carbocycles. The topological polar surface area (TPSA) is 76.8 Å². The van der Waals surface area contributed by atoms with Gasteiger partial charge in [0, 0.05) is 32.3 Å². The fourth-order valence-electron chi connectivity index (χ4n) is 3.34. The molecule has 0 saturated carbocycles. The quantitative estimate of drug-likeness (QED) is 0.894. The van der Waals surface area contributed by atoms with Gasteiger partial charge >= 0.3 is 0 Å². The third-order valence-electron chi connectivity index (χ3n) is 4.63. The lowest BCUT2D eigenvalue weighted by Gasteiger charge is -2.36. The number of β-amino-alcohol motifs (C(OH)–C–C–N with tert-alkyl or cyclic N) is 1. The molecule has 0 aliphatic carbocycles. The van der Waals surface area contributed by atoms with Crippen molar-refractivity contribution in [1.29, 1.82) is 0 Å². The Labute approximate surface area is 139 Å². The number of rotatable bonds is 2. The van der Waals surface area contributed by atoms with Gasteiger partial charge in [0.2, 0.25) is 6.79 Å². The van der Waals surface area contributed by atoms with Crippen LogP contribution in [0.4, 0.5) is 0 Å². The number of hydrogen-bond donors (Lipinski definition) is 1. The number of aliphatic hydroxyl groups excluding tert-OH is 1. The summed E-state index contributed by atoms with van der Waals surface area (Å²) >= 11 is 0. The maximum absolute atomic E-state index is 12.5. The van der Waals surface area contributed by atoms with Gasteiger partial charge < -0.3 is 19.5 Å². The maximum Gasteiger partial charge on any atom is 0.274 e. The van der Waals surface area contributed by atoms with Gasteiger partial charge in [0.05, 0.1) is 6.10 Å². The zero-order valence-corrected chi connectivity index (χ0v) is 13.4. The molecule has 1 saturated heterocycles. The van der Waals surface area contributed by atoms with Gasteiger partial charge in [-0.3, -0.25) is 9.48 Å². The molecule has 1 aromatic heterocycles. The Balaban J connectivity index is 1.47. The number of aryl methyl sites for hydroxylation is 1. The van der Waals surface area contributed by atoms with Gasteiger partial charge in [0.1, 0.15) is 5.69 Å². The molecule has 4 rings (SSSR count). The fraction of sp³-hybridized carbons (Fsp3) is 0.412. The van der Waals surface area contributed by atoms with Crippen LogP contribution in [0.25, 0.3) is 0 Å². The smallest absolute Gasteiger partial charge is 0.274 e. The first-order chi connectivity index (χ1) is 11.6. The van der Waals surface area contributed by atoms with Gasteiger partial charge in [0.15, 0.2) is 11.5 Å². The van der Waals surface area contributed by atoms with Crippen molar-refractivity contribution >= 4 is 5.91 Å². The number of fused-ring (bicyclic) bond motifs is 1. The summed E-state index contributed by atoms with van der Waals surface area (Å²) in [5.41, 5.74) is 1.42. The van der Waals surface area contributed by atoms with E-state index in [1.807, 2.05) is 18.2 Å². The zero-order valence-electron chi connectivity index (χ0n) is 13.4. The molecule has 1 fully saturated rings. The Morgan fingerprint density at radius 1 is 1.29 bits per heavy atom. The minimum atomic E-state index is -0.619. The number of carbonyl (C=O) groups excluding carboxylic acids is 1. The number of aliphatic hydroxyl groups is 1. The lowest BCUT2D eigenvalue weighted by Crippen LogP contribution is -2.45. The van der Waals surface area contributed by atoms with E-state index in [1.54, 1.807) is 28.9 Å². The largest absolute Gasteiger partial charge is 0.454 e. The van der Waals surface area contributed by atoms with E-state index < -0.39 is 6.10 Å². The molecule has 126 valence electrons. The third kappa shape index (κ3) is 2.60. The van der Waals surface area contributed by atoms with Gasteiger partial charge in [-0.2, -0.15) is 5.10 Å². The van der Waals surface area contributed by atoms with Crippen molar-refractivity contribution in [2.45, 2.75) is 18.4 Å². The highest BCUT2D eigenvalue weighted by Crippen LogP contribution is 2.37. The van der Waals surface area contributed by atoms with Gasteiger partial charge in [-0.15, -0.1) is 0 Å². The summed E-state index contributed by atoms with van der Waals surface area (Å²) in [6.07, 6.45) is 1.81. The summed E-state index contributed by atoms with van der Waals surface area (Å²) in [5, 5.41) is 14.7. The first-order valence-corrected chi connectivity index (χ1v) is 7.98. The lowest BCUT2D eigenvalue weighted by molar-refractivity contribution is 0.0377. The Kier molecular flexibility index (Phi) is 3.65. The summed E-state index contributed by atoms with van der Waals surface area (Å²) in [7, 11) is 1.78. The predicted octanol–water partition coefficient (Wildman–Crippen LogP) is 1.14. The van der Waals surface area contributed by atoms with E-state index in [9.17, 15) is 9.90 Å². The molecule has 0 spiro atoms. The number of benzene rings is 1. The molecular weight excluding hydrogens is 310 g/mol. The first-order valence-electron chi connectivity index (χ1n) is 7.98. The van der Waals surface area contributed by atoms with E-state index in [4.69, 9.17) is 9.47 Å². The lowest BCUT2D eigenvalue weighted by atomic mass is 9.87. The molecule has 2 aromatic rings. The first kappa shape index (κ1) is 15.0. The molecule has 0 unspecified atom stereocenters. The molecule has 0 bridgehead atoms. The Hall–Kier alpha value is -2.54. The Morgan fingerprint density at radius 3 is 2.88 bits per heavy atom. The van der Waals surface area contributed by atoms with E-state index >= 15 is 0 Å². The number of amides is 1. The number of piperidine rings is 1. The van der Waals surface area contributed by atoms with Gasteiger partial charge in [0.25, 0.3) is 5.91 Å². The van der Waals surface area contributed by atoms with Crippen molar-refractivity contribution in [3.63, 3.8) is 0 Å². The number of hydrogen-bond acceptors (Lipinski definition) is 5. The molecule has 2 atom stereocenters. The maximum atomic E-state index is 12.5. The SMILES string of the molecule is Cn1ccc(C(=O)N2CC[C@@H](c3ccc4c(c3)OCO4)[C@H](O)C2)n1. The summed E-state index contributed by atoms with van der Waals surface area (Å²) in [4.78, 5) is 14.1. The van der Waals surface area contributed by atoms with Crippen molar-refractivity contribution in [3.05, 3.63) is 41.7 Å². The average Bonchev–Trinajstić information content (AvgIpc) is 3.22. The fourth-order valence-corrected chi connectivity index (χ4v) is 3.34. The van der Waals surface area contributed by atoms with Crippen molar-refractivity contribution in [2.75, 3.05) is 19.9 Å². The minimum absolute atomic E-state index is 0.0210. The molecule has 2 aliphatic heterocycles. The molecular formula is C17H19N3O4. The molecule has 1 amide bonds. The highest BCUT2D eigenvalue weighted by atomic mass is 16.7. The molecule has 1 N–H and O–H groups in total. The highest BCUT2D eigenvalue weighted by molar-refractivity contribution is 5.92. The number of aromatic nitrogens is 2. The number of ether oxygens (including phenoxy) is 2. The zero-order chi connectivity index (χ0) is 16.7. The van der Waals surface area contributed by atoms with E-state index in [1.165, 1.54) is 0 Å². The number of nitrogens with zero attached hydrogens (tertiary/aromatic N) is 3. The highest BCUT2D eigenvalue weighted by Gasteiger charge is 2.33. The van der Waals surface area contributed by atoms with Crippen molar-refractivity contribution in [3.8, 4) is 11.5 Å². The standard InChI is InChI=1S/C17H19N3O4/c1-19-6-5-13(18-19)17(22)20-7-4-12(14(21)9-20)11-2-3-15-16(8-11)24-10-23-15/h2-3,5-6,8,12,14,21H,4,7,9-10H2,1H3/t12-,14+/m0/s1. The van der Waals surface area contributed by atoms with Gasteiger partial charge in [-0.1, -0.05) is 6.07 Å². The Bertz CT molecular complexity index is 773. The molecule has 7 nitrogen and oxygen atoms in total. The molecule has 2 aliphatic rings. The van der Waals surface area contributed by atoms with Gasteiger partial charge in [-0.05, 0) is 30.2 Å². The second-order valence-corrected chi connectivity index (χ2v) is 6.20. The van der Waals surface area contributed by atoms with E-state index in [2.05, 4.69) is 5.10 Å². The normalized spacial score (nSPS) is 22.7. The molecule has 3 heterocycles. The van der Waals surface area contributed by atoms with E-state index in [0.717, 1.165) is 11.3 Å². The van der Waals surface area contributed by atoms with Crippen LogP contribution in [-0.2, 0) is 7.05 Å². The second-order valence-electron chi connectivity index (χ2n) is 6.20. The summed E-state index contributed by atoms with van der Waals surface area (Å²) in [6, 6.07) is 7.44. The monoisotopic (exact) mass is 329 g/mol. The van der Waals surface area contributed by atoms with Crippen LogP contribution in [0, 0.1) is 0 Å². The second kappa shape index (κ2) is 5.83. The van der Waals surface area contributed by atoms with Gasteiger partial charge in [-0.25, -0.2) is 0 Å². The van der Waals surface area contributed by atoms with Crippen LogP contribution < -0.4 is 9.47 Å². The molecule has 7 heteroatoms. The van der Waals surface area contributed by atoms with Crippen molar-refractivity contribution < 1.29 is 19.4 Å². The minimum Gasteiger partial charge on any atom is -0.454 e. The Morgan fingerprint density at radius 2 is 2.12 bits per heavy atom. The number of likely N-dealkylation sites (tertiary alicyclic amines) is 1. The molecule has 0 radical (unpaired) electrons. The van der Waals surface area contributed by atoms with Crippen molar-refractivity contribution in [2.24, 2.45) is 7.05 Å². The van der Waals surface area contributed by atoms with Crippen LogP contribution in [0.3, 0.4) is 0 Å². The predicted molar refractivity (Wildman–Crippen MR) is 85.0 cm³/mol. The van der Waals surface area contributed by atoms with Crippen LogP contribution in [0.5, 0.6) is 11.5 Å².